The molecule has 2 unspecified atom stereocenters. The molecule has 0 saturated carbocycles. The van der Waals surface area contributed by atoms with Gasteiger partial charge >= 0.3 is 78.8 Å². The Morgan fingerprint density at radius 2 is 2.08 bits per heavy atom. The predicted octanol–water partition coefficient (Wildman–Crippen LogP) is 0.741. The molecule has 0 bridgehead atoms. The van der Waals surface area contributed by atoms with Crippen LogP contribution in [0.15, 0.2) is 6.07 Å². The molecule has 0 radical (unpaired) electrons. The van der Waals surface area contributed by atoms with Crippen LogP contribution in [0.25, 0.3) is 0 Å². The second-order valence-electron chi connectivity index (χ2n) is 3.21. The SMILES string of the molecule is Cc1cc(C)c(C(O)C(C)N)[se]1. The Morgan fingerprint density at radius 3 is 2.42 bits per heavy atom. The van der Waals surface area contributed by atoms with Gasteiger partial charge in [0.15, 0.2) is 0 Å². The zero-order chi connectivity index (χ0) is 9.30. The molecule has 1 aromatic heterocycles. The van der Waals surface area contributed by atoms with Crippen LogP contribution in [0.2, 0.25) is 0 Å². The Kier molecular flexibility index (Phi) is 3.13. The van der Waals surface area contributed by atoms with Crippen LogP contribution in [-0.4, -0.2) is 25.7 Å². The van der Waals surface area contributed by atoms with Gasteiger partial charge in [0.25, 0.3) is 0 Å². The van der Waals surface area contributed by atoms with Crippen LogP contribution in [0.4, 0.5) is 0 Å². The minimum atomic E-state index is -0.446. The van der Waals surface area contributed by atoms with E-state index in [4.69, 9.17) is 5.73 Å². The van der Waals surface area contributed by atoms with Gasteiger partial charge in [-0.05, 0) is 0 Å². The Hall–Kier alpha value is -0.0805. The maximum absolute atomic E-state index is 9.71. The number of rotatable bonds is 2. The first kappa shape index (κ1) is 10.0. The van der Waals surface area contributed by atoms with Crippen LogP contribution in [0.5, 0.6) is 0 Å². The number of hydrogen-bond donors (Lipinski definition) is 2. The standard InChI is InChI=1S/C9H15NOSe/c1-5-4-6(2)12-9(5)8(11)7(3)10/h4,7-8,11H,10H2,1-3H3. The fourth-order valence-corrected chi connectivity index (χ4v) is 3.58. The van der Waals surface area contributed by atoms with Crippen LogP contribution < -0.4 is 5.73 Å². The monoisotopic (exact) mass is 233 g/mol. The van der Waals surface area contributed by atoms with Crippen molar-refractivity contribution in [3.05, 3.63) is 20.5 Å². The molecular weight excluding hydrogens is 217 g/mol. The average Bonchev–Trinajstić information content (AvgIpc) is 2.28. The number of nitrogens with two attached hydrogens (primary N) is 1. The summed E-state index contributed by atoms with van der Waals surface area (Å²) in [5.41, 5.74) is 6.83. The summed E-state index contributed by atoms with van der Waals surface area (Å²) in [4.78, 5) is 0. The summed E-state index contributed by atoms with van der Waals surface area (Å²) in [7, 11) is 0. The van der Waals surface area contributed by atoms with E-state index in [0.29, 0.717) is 14.5 Å². The minimum absolute atomic E-state index is 0.156. The quantitative estimate of drug-likeness (QED) is 0.739. The summed E-state index contributed by atoms with van der Waals surface area (Å²) in [6, 6.07) is 1.98. The molecule has 2 atom stereocenters. The number of hydrogen-bond acceptors (Lipinski definition) is 2. The molecule has 0 aromatic carbocycles. The van der Waals surface area contributed by atoms with E-state index in [1.54, 1.807) is 0 Å². The Labute approximate surface area is 79.1 Å². The van der Waals surface area contributed by atoms with E-state index in [2.05, 4.69) is 13.0 Å². The summed E-state index contributed by atoms with van der Waals surface area (Å²) in [5, 5.41) is 9.71. The van der Waals surface area contributed by atoms with Gasteiger partial charge in [-0.15, -0.1) is 0 Å². The average molecular weight is 232 g/mol. The van der Waals surface area contributed by atoms with Crippen molar-refractivity contribution in [3.63, 3.8) is 0 Å². The van der Waals surface area contributed by atoms with Gasteiger partial charge < -0.3 is 0 Å². The van der Waals surface area contributed by atoms with Crippen molar-refractivity contribution in [3.8, 4) is 0 Å². The van der Waals surface area contributed by atoms with Crippen molar-refractivity contribution in [1.82, 2.24) is 0 Å². The molecular formula is C9H15NOSe. The number of aliphatic hydroxyl groups excluding tert-OH is 1. The van der Waals surface area contributed by atoms with Crippen molar-refractivity contribution in [2.24, 2.45) is 5.73 Å². The molecule has 1 rings (SSSR count). The van der Waals surface area contributed by atoms with Gasteiger partial charge in [0.2, 0.25) is 0 Å². The van der Waals surface area contributed by atoms with Gasteiger partial charge in [-0.1, -0.05) is 0 Å². The normalized spacial score (nSPS) is 16.1. The van der Waals surface area contributed by atoms with Crippen molar-refractivity contribution >= 4 is 14.5 Å². The summed E-state index contributed by atoms with van der Waals surface area (Å²) in [6.07, 6.45) is -0.446. The second-order valence-corrected chi connectivity index (χ2v) is 5.91. The third kappa shape index (κ3) is 1.99. The van der Waals surface area contributed by atoms with Gasteiger partial charge in [0.1, 0.15) is 0 Å². The molecule has 3 heteroatoms. The third-order valence-electron chi connectivity index (χ3n) is 1.85. The molecule has 0 saturated heterocycles. The first-order valence-corrected chi connectivity index (χ1v) is 5.74. The van der Waals surface area contributed by atoms with Gasteiger partial charge in [0.05, 0.1) is 0 Å². The molecule has 0 aliphatic carbocycles. The van der Waals surface area contributed by atoms with Crippen molar-refractivity contribution in [2.75, 3.05) is 0 Å². The van der Waals surface area contributed by atoms with E-state index in [1.165, 1.54) is 10.0 Å². The fourth-order valence-electron chi connectivity index (χ4n) is 1.19. The van der Waals surface area contributed by atoms with Crippen LogP contribution in [0, 0.1) is 13.8 Å². The topological polar surface area (TPSA) is 46.2 Å². The van der Waals surface area contributed by atoms with E-state index in [9.17, 15) is 5.11 Å². The summed E-state index contributed by atoms with van der Waals surface area (Å²) in [6.45, 7) is 5.98. The molecule has 1 aromatic rings. The Balaban J connectivity index is 2.94. The van der Waals surface area contributed by atoms with Crippen LogP contribution >= 0.6 is 0 Å². The fraction of sp³-hybridized carbons (Fsp3) is 0.556. The second kappa shape index (κ2) is 3.75. The first-order valence-electron chi connectivity index (χ1n) is 4.03. The van der Waals surface area contributed by atoms with E-state index >= 15 is 0 Å². The molecule has 0 fully saturated rings. The molecule has 68 valence electrons. The number of aryl methyl sites for hydroxylation is 2. The van der Waals surface area contributed by atoms with Gasteiger partial charge in [-0.3, -0.25) is 0 Å². The van der Waals surface area contributed by atoms with E-state index in [1.807, 2.05) is 13.8 Å². The molecule has 1 heterocycles. The molecule has 0 aliphatic rings. The molecule has 12 heavy (non-hydrogen) atoms. The van der Waals surface area contributed by atoms with E-state index < -0.39 is 6.10 Å². The zero-order valence-corrected chi connectivity index (χ0v) is 9.38. The van der Waals surface area contributed by atoms with Gasteiger partial charge in [-0.2, -0.15) is 0 Å². The van der Waals surface area contributed by atoms with Crippen LogP contribution in [-0.2, 0) is 0 Å². The Morgan fingerprint density at radius 1 is 1.50 bits per heavy atom. The van der Waals surface area contributed by atoms with Crippen molar-refractivity contribution in [1.29, 1.82) is 0 Å². The summed E-state index contributed by atoms with van der Waals surface area (Å²) < 4.78 is 2.52. The molecule has 0 spiro atoms. The number of aliphatic hydroxyl groups is 1. The maximum atomic E-state index is 9.71. The van der Waals surface area contributed by atoms with Crippen LogP contribution in [0.1, 0.15) is 27.5 Å². The molecule has 3 N–H and O–H groups in total. The van der Waals surface area contributed by atoms with E-state index in [-0.39, 0.29) is 6.04 Å². The molecule has 0 amide bonds. The molecule has 2 nitrogen and oxygen atoms in total. The Bertz CT molecular complexity index is 267. The summed E-state index contributed by atoms with van der Waals surface area (Å²) >= 11 is 0.330. The van der Waals surface area contributed by atoms with E-state index in [0.717, 1.165) is 4.44 Å². The van der Waals surface area contributed by atoms with Crippen molar-refractivity contribution in [2.45, 2.75) is 32.9 Å². The predicted molar refractivity (Wildman–Crippen MR) is 51.5 cm³/mol. The van der Waals surface area contributed by atoms with Crippen molar-refractivity contribution < 1.29 is 5.11 Å². The molecule has 0 aliphatic heterocycles. The van der Waals surface area contributed by atoms with Gasteiger partial charge in [-0.25, -0.2) is 0 Å². The third-order valence-corrected chi connectivity index (χ3v) is 4.41. The van der Waals surface area contributed by atoms with Crippen LogP contribution in [0.3, 0.4) is 0 Å². The summed E-state index contributed by atoms with van der Waals surface area (Å²) in [5.74, 6) is 0. The zero-order valence-electron chi connectivity index (χ0n) is 7.66. The first-order chi connectivity index (χ1) is 5.52. The van der Waals surface area contributed by atoms with Gasteiger partial charge in [0, 0.05) is 0 Å².